The second-order valence-electron chi connectivity index (χ2n) is 3.18. The number of ketones is 1. The van der Waals surface area contributed by atoms with Crippen LogP contribution in [-0.4, -0.2) is 12.0 Å². The maximum atomic E-state index is 13.4. The van der Waals surface area contributed by atoms with Crippen LogP contribution in [0.3, 0.4) is 0 Å². The highest BCUT2D eigenvalue weighted by molar-refractivity contribution is 9.10. The molecule has 0 spiro atoms. The van der Waals surface area contributed by atoms with Crippen LogP contribution in [0, 0.1) is 11.7 Å². The SMILES string of the molecule is CC1C=Nc2c(Br)ccc(F)c2C1=O. The van der Waals surface area contributed by atoms with Gasteiger partial charge in [-0.15, -0.1) is 0 Å². The first-order valence-corrected chi connectivity index (χ1v) is 4.97. The van der Waals surface area contributed by atoms with E-state index in [1.165, 1.54) is 12.3 Å². The molecule has 0 bridgehead atoms. The summed E-state index contributed by atoms with van der Waals surface area (Å²) in [5, 5.41) is 0. The summed E-state index contributed by atoms with van der Waals surface area (Å²) in [5.74, 6) is -1.06. The monoisotopic (exact) mass is 255 g/mol. The van der Waals surface area contributed by atoms with Gasteiger partial charge in [-0.05, 0) is 28.1 Å². The molecule has 0 amide bonds. The second kappa shape index (κ2) is 3.28. The molecule has 14 heavy (non-hydrogen) atoms. The lowest BCUT2D eigenvalue weighted by Crippen LogP contribution is -2.18. The Labute approximate surface area is 89.0 Å². The van der Waals surface area contributed by atoms with Gasteiger partial charge in [-0.1, -0.05) is 6.92 Å². The summed E-state index contributed by atoms with van der Waals surface area (Å²) in [7, 11) is 0. The first-order valence-electron chi connectivity index (χ1n) is 4.17. The first-order chi connectivity index (χ1) is 6.61. The van der Waals surface area contributed by atoms with Crippen LogP contribution in [0.25, 0.3) is 0 Å². The Balaban J connectivity index is 2.73. The van der Waals surface area contributed by atoms with Crippen molar-refractivity contribution in [2.24, 2.45) is 10.9 Å². The number of aliphatic imine (C=N–C) groups is 1. The normalized spacial score (nSPS) is 19.6. The summed E-state index contributed by atoms with van der Waals surface area (Å²) in [4.78, 5) is 15.7. The largest absolute Gasteiger partial charge is 0.293 e. The molecule has 0 saturated carbocycles. The number of carbonyl (C=O) groups excluding carboxylic acids is 1. The number of hydrogen-bond acceptors (Lipinski definition) is 2. The quantitative estimate of drug-likeness (QED) is 0.701. The van der Waals surface area contributed by atoms with Crippen LogP contribution in [0.2, 0.25) is 0 Å². The molecular weight excluding hydrogens is 249 g/mol. The molecule has 0 radical (unpaired) electrons. The number of Topliss-reactive ketones (excluding diaryl/α,β-unsaturated/α-hetero) is 1. The molecule has 1 aliphatic heterocycles. The van der Waals surface area contributed by atoms with Gasteiger partial charge >= 0.3 is 0 Å². The van der Waals surface area contributed by atoms with Gasteiger partial charge in [-0.25, -0.2) is 4.39 Å². The number of halogens is 2. The smallest absolute Gasteiger partial charge is 0.176 e. The zero-order valence-corrected chi connectivity index (χ0v) is 9.01. The zero-order chi connectivity index (χ0) is 10.3. The van der Waals surface area contributed by atoms with Crippen molar-refractivity contribution in [3.05, 3.63) is 28.0 Å². The average Bonchev–Trinajstić information content (AvgIpc) is 2.16. The number of benzene rings is 1. The van der Waals surface area contributed by atoms with E-state index in [-0.39, 0.29) is 17.3 Å². The fourth-order valence-corrected chi connectivity index (χ4v) is 1.82. The summed E-state index contributed by atoms with van der Waals surface area (Å²) >= 11 is 3.23. The van der Waals surface area contributed by atoms with E-state index >= 15 is 0 Å². The molecule has 1 heterocycles. The van der Waals surface area contributed by atoms with Gasteiger partial charge < -0.3 is 0 Å². The molecule has 0 aromatic heterocycles. The van der Waals surface area contributed by atoms with Crippen molar-refractivity contribution < 1.29 is 9.18 Å². The average molecular weight is 256 g/mol. The van der Waals surface area contributed by atoms with Crippen LogP contribution in [-0.2, 0) is 0 Å². The summed E-state index contributed by atoms with van der Waals surface area (Å²) in [6.07, 6.45) is 1.54. The van der Waals surface area contributed by atoms with E-state index in [0.717, 1.165) is 0 Å². The molecule has 1 aliphatic rings. The molecule has 0 fully saturated rings. The van der Waals surface area contributed by atoms with E-state index in [2.05, 4.69) is 20.9 Å². The van der Waals surface area contributed by atoms with E-state index in [1.54, 1.807) is 13.0 Å². The van der Waals surface area contributed by atoms with Gasteiger partial charge in [-0.3, -0.25) is 9.79 Å². The summed E-state index contributed by atoms with van der Waals surface area (Å²) in [5.41, 5.74) is 0.488. The predicted octanol–water partition coefficient (Wildman–Crippen LogP) is 3.12. The van der Waals surface area contributed by atoms with Crippen LogP contribution < -0.4 is 0 Å². The highest BCUT2D eigenvalue weighted by Gasteiger charge is 2.25. The Morgan fingerprint density at radius 3 is 2.93 bits per heavy atom. The third-order valence-electron chi connectivity index (χ3n) is 2.17. The number of fused-ring (bicyclic) bond motifs is 1. The maximum Gasteiger partial charge on any atom is 0.176 e. The van der Waals surface area contributed by atoms with Gasteiger partial charge in [0.2, 0.25) is 0 Å². The third-order valence-corrected chi connectivity index (χ3v) is 2.80. The molecule has 2 rings (SSSR count). The molecule has 72 valence electrons. The zero-order valence-electron chi connectivity index (χ0n) is 7.42. The van der Waals surface area contributed by atoms with Crippen molar-refractivity contribution in [1.82, 2.24) is 0 Å². The van der Waals surface area contributed by atoms with Crippen LogP contribution in [0.5, 0.6) is 0 Å². The van der Waals surface area contributed by atoms with Crippen LogP contribution in [0.1, 0.15) is 17.3 Å². The lowest BCUT2D eigenvalue weighted by molar-refractivity contribution is 0.0958. The number of rotatable bonds is 0. The summed E-state index contributed by atoms with van der Waals surface area (Å²) < 4.78 is 14.0. The minimum absolute atomic E-state index is 0.0920. The maximum absolute atomic E-state index is 13.4. The van der Waals surface area contributed by atoms with E-state index < -0.39 is 5.82 Å². The van der Waals surface area contributed by atoms with Crippen molar-refractivity contribution in [1.29, 1.82) is 0 Å². The van der Waals surface area contributed by atoms with Gasteiger partial charge in [0.25, 0.3) is 0 Å². The van der Waals surface area contributed by atoms with Crippen molar-refractivity contribution in [3.63, 3.8) is 0 Å². The molecule has 0 aliphatic carbocycles. The molecule has 0 N–H and O–H groups in total. The minimum atomic E-state index is -0.503. The molecule has 4 heteroatoms. The van der Waals surface area contributed by atoms with Crippen LogP contribution >= 0.6 is 15.9 Å². The predicted molar refractivity (Wildman–Crippen MR) is 55.7 cm³/mol. The Hall–Kier alpha value is -1.03. The van der Waals surface area contributed by atoms with Crippen molar-refractivity contribution >= 4 is 33.6 Å². The first kappa shape index (κ1) is 9.52. The standard InChI is InChI=1S/C10H7BrFNO/c1-5-4-13-9-6(11)2-3-7(12)8(9)10(5)14/h2-5H,1H3. The lowest BCUT2D eigenvalue weighted by atomic mass is 9.96. The lowest BCUT2D eigenvalue weighted by Gasteiger charge is -2.15. The van der Waals surface area contributed by atoms with Gasteiger partial charge in [0.05, 0.1) is 17.2 Å². The Morgan fingerprint density at radius 2 is 2.21 bits per heavy atom. The van der Waals surface area contributed by atoms with Gasteiger partial charge in [0.1, 0.15) is 5.82 Å². The summed E-state index contributed by atoms with van der Waals surface area (Å²) in [6, 6.07) is 2.82. The molecule has 0 saturated heterocycles. The molecule has 1 atom stereocenters. The third kappa shape index (κ3) is 1.30. The Kier molecular flexibility index (Phi) is 2.23. The number of carbonyl (C=O) groups is 1. The van der Waals surface area contributed by atoms with Crippen LogP contribution in [0.15, 0.2) is 21.6 Å². The molecule has 1 aromatic carbocycles. The Bertz CT molecular complexity index is 442. The Morgan fingerprint density at radius 1 is 1.50 bits per heavy atom. The fourth-order valence-electron chi connectivity index (χ4n) is 1.38. The van der Waals surface area contributed by atoms with Gasteiger partial charge in [0, 0.05) is 10.7 Å². The number of hydrogen-bond donors (Lipinski definition) is 0. The van der Waals surface area contributed by atoms with Crippen molar-refractivity contribution in [2.45, 2.75) is 6.92 Å². The second-order valence-corrected chi connectivity index (χ2v) is 4.04. The van der Waals surface area contributed by atoms with E-state index in [9.17, 15) is 9.18 Å². The van der Waals surface area contributed by atoms with Crippen LogP contribution in [0.4, 0.5) is 10.1 Å². The molecule has 1 aromatic rings. The minimum Gasteiger partial charge on any atom is -0.293 e. The molecule has 1 unspecified atom stereocenters. The van der Waals surface area contributed by atoms with E-state index in [4.69, 9.17) is 0 Å². The topological polar surface area (TPSA) is 29.4 Å². The number of nitrogens with zero attached hydrogens (tertiary/aromatic N) is 1. The van der Waals surface area contributed by atoms with Crippen molar-refractivity contribution in [3.8, 4) is 0 Å². The summed E-state index contributed by atoms with van der Waals surface area (Å²) in [6.45, 7) is 1.70. The van der Waals surface area contributed by atoms with E-state index in [1.807, 2.05) is 0 Å². The van der Waals surface area contributed by atoms with E-state index in [0.29, 0.717) is 10.2 Å². The van der Waals surface area contributed by atoms with Gasteiger partial charge in [-0.2, -0.15) is 0 Å². The highest BCUT2D eigenvalue weighted by atomic mass is 79.9. The molecule has 2 nitrogen and oxygen atoms in total. The highest BCUT2D eigenvalue weighted by Crippen LogP contribution is 2.35. The molecular formula is C10H7BrFNO. The van der Waals surface area contributed by atoms with Crippen molar-refractivity contribution in [2.75, 3.05) is 0 Å². The fraction of sp³-hybridized carbons (Fsp3) is 0.200. The van der Waals surface area contributed by atoms with Gasteiger partial charge in [0.15, 0.2) is 5.78 Å².